The van der Waals surface area contributed by atoms with Gasteiger partial charge in [-0.3, -0.25) is 4.79 Å². The lowest BCUT2D eigenvalue weighted by Crippen LogP contribution is -2.46. The third-order valence-electron chi connectivity index (χ3n) is 3.35. The zero-order chi connectivity index (χ0) is 13.2. The second-order valence-electron chi connectivity index (χ2n) is 4.89. The first-order valence-corrected chi connectivity index (χ1v) is 7.58. The molecule has 2 rings (SSSR count). The number of para-hydroxylation sites is 1. The van der Waals surface area contributed by atoms with Crippen LogP contribution in [0.2, 0.25) is 0 Å². The number of nitrogens with one attached hydrogen (secondary N) is 2. The van der Waals surface area contributed by atoms with Gasteiger partial charge in [-0.1, -0.05) is 6.07 Å². The van der Waals surface area contributed by atoms with Crippen LogP contribution in [0.15, 0.2) is 27.1 Å². The number of benzene rings is 1. The predicted octanol–water partition coefficient (Wildman–Crippen LogP) is 3.54. The Morgan fingerprint density at radius 2 is 2.06 bits per heavy atom. The van der Waals surface area contributed by atoms with E-state index in [4.69, 9.17) is 0 Å². The number of amides is 1. The monoisotopic (exact) mass is 374 g/mol. The van der Waals surface area contributed by atoms with Gasteiger partial charge in [0, 0.05) is 15.5 Å². The third kappa shape index (κ3) is 2.95. The minimum Gasteiger partial charge on any atom is -0.324 e. The van der Waals surface area contributed by atoms with Crippen LogP contribution in [0.25, 0.3) is 0 Å². The van der Waals surface area contributed by atoms with E-state index in [0.717, 1.165) is 40.6 Å². The molecule has 0 aliphatic carbocycles. The summed E-state index contributed by atoms with van der Waals surface area (Å²) in [5.74, 6) is 0.0716. The number of halogens is 2. The smallest absolute Gasteiger partial charge is 0.231 e. The Labute approximate surface area is 124 Å². The molecule has 1 heterocycles. The fourth-order valence-corrected chi connectivity index (χ4v) is 3.33. The maximum atomic E-state index is 12.4. The van der Waals surface area contributed by atoms with Gasteiger partial charge in [0.05, 0.1) is 11.1 Å². The largest absolute Gasteiger partial charge is 0.324 e. The molecule has 1 atom stereocenters. The van der Waals surface area contributed by atoms with Crippen molar-refractivity contribution >= 4 is 43.5 Å². The molecule has 0 spiro atoms. The summed E-state index contributed by atoms with van der Waals surface area (Å²) in [6, 6.07) is 5.76. The minimum absolute atomic E-state index is 0.0716. The first kappa shape index (κ1) is 14.0. The molecule has 1 unspecified atom stereocenters. The van der Waals surface area contributed by atoms with E-state index in [-0.39, 0.29) is 11.3 Å². The molecule has 1 aromatic rings. The molecule has 1 aliphatic rings. The number of hydrogen-bond donors (Lipinski definition) is 2. The zero-order valence-corrected chi connectivity index (χ0v) is 13.4. The Morgan fingerprint density at radius 3 is 2.61 bits per heavy atom. The predicted molar refractivity (Wildman–Crippen MR) is 80.7 cm³/mol. The second kappa shape index (κ2) is 5.72. The molecule has 0 bridgehead atoms. The van der Waals surface area contributed by atoms with Gasteiger partial charge in [-0.25, -0.2) is 0 Å². The summed E-state index contributed by atoms with van der Waals surface area (Å²) in [5.41, 5.74) is 0.474. The van der Waals surface area contributed by atoms with E-state index in [1.54, 1.807) is 0 Å². The zero-order valence-electron chi connectivity index (χ0n) is 10.2. The van der Waals surface area contributed by atoms with E-state index in [1.807, 2.05) is 25.1 Å². The lowest BCUT2D eigenvalue weighted by Gasteiger charge is -2.32. The van der Waals surface area contributed by atoms with Crippen LogP contribution in [-0.4, -0.2) is 19.0 Å². The SMILES string of the molecule is CC1(C(=O)Nc2c(Br)cccc2Br)CCCNC1. The average molecular weight is 376 g/mol. The van der Waals surface area contributed by atoms with E-state index >= 15 is 0 Å². The number of carbonyl (C=O) groups excluding carboxylic acids is 1. The van der Waals surface area contributed by atoms with Crippen LogP contribution in [0, 0.1) is 5.41 Å². The summed E-state index contributed by atoms with van der Waals surface area (Å²) in [6.45, 7) is 3.75. The van der Waals surface area contributed by atoms with Crippen molar-refractivity contribution in [3.8, 4) is 0 Å². The van der Waals surface area contributed by atoms with Crippen LogP contribution in [0.5, 0.6) is 0 Å². The molecule has 5 heteroatoms. The van der Waals surface area contributed by atoms with Crippen molar-refractivity contribution in [2.24, 2.45) is 5.41 Å². The van der Waals surface area contributed by atoms with Gasteiger partial charge in [0.25, 0.3) is 0 Å². The molecule has 98 valence electrons. The second-order valence-corrected chi connectivity index (χ2v) is 6.60. The Morgan fingerprint density at radius 1 is 1.39 bits per heavy atom. The van der Waals surface area contributed by atoms with E-state index < -0.39 is 0 Å². The maximum absolute atomic E-state index is 12.4. The number of hydrogen-bond acceptors (Lipinski definition) is 2. The molecule has 0 aromatic heterocycles. The van der Waals surface area contributed by atoms with Crippen molar-refractivity contribution < 1.29 is 4.79 Å². The molecular weight excluding hydrogens is 360 g/mol. The van der Waals surface area contributed by atoms with Gasteiger partial charge < -0.3 is 10.6 Å². The Balaban J connectivity index is 2.16. The highest BCUT2D eigenvalue weighted by molar-refractivity contribution is 9.11. The molecule has 1 amide bonds. The van der Waals surface area contributed by atoms with Gasteiger partial charge >= 0.3 is 0 Å². The normalized spacial score (nSPS) is 23.7. The fourth-order valence-electron chi connectivity index (χ4n) is 2.13. The molecule has 18 heavy (non-hydrogen) atoms. The molecule has 1 saturated heterocycles. The lowest BCUT2D eigenvalue weighted by atomic mass is 9.82. The van der Waals surface area contributed by atoms with Crippen molar-refractivity contribution in [3.05, 3.63) is 27.1 Å². The number of piperidine rings is 1. The number of carbonyl (C=O) groups is 1. The van der Waals surface area contributed by atoms with Gasteiger partial charge in [0.1, 0.15) is 0 Å². The Hall–Kier alpha value is -0.390. The van der Waals surface area contributed by atoms with Gasteiger partial charge in [-0.2, -0.15) is 0 Å². The van der Waals surface area contributed by atoms with Crippen LogP contribution in [0.3, 0.4) is 0 Å². The number of rotatable bonds is 2. The van der Waals surface area contributed by atoms with Crippen molar-refractivity contribution in [1.29, 1.82) is 0 Å². The van der Waals surface area contributed by atoms with Gasteiger partial charge in [-0.15, -0.1) is 0 Å². The summed E-state index contributed by atoms with van der Waals surface area (Å²) in [4.78, 5) is 12.4. The first-order valence-electron chi connectivity index (χ1n) is 5.99. The standard InChI is InChI=1S/C13H16Br2N2O/c1-13(6-3-7-16-8-13)12(18)17-11-9(14)4-2-5-10(11)15/h2,4-5,16H,3,6-8H2,1H3,(H,17,18). The topological polar surface area (TPSA) is 41.1 Å². The molecule has 3 nitrogen and oxygen atoms in total. The maximum Gasteiger partial charge on any atom is 0.231 e. The molecular formula is C13H16Br2N2O. The quantitative estimate of drug-likeness (QED) is 0.829. The van der Waals surface area contributed by atoms with E-state index in [9.17, 15) is 4.79 Å². The van der Waals surface area contributed by atoms with Crippen LogP contribution in [-0.2, 0) is 4.79 Å². The average Bonchev–Trinajstić information content (AvgIpc) is 2.34. The van der Waals surface area contributed by atoms with Crippen LogP contribution < -0.4 is 10.6 Å². The van der Waals surface area contributed by atoms with Crippen LogP contribution >= 0.6 is 31.9 Å². The Kier molecular flexibility index (Phi) is 4.45. The molecule has 1 aliphatic heterocycles. The molecule has 1 aromatic carbocycles. The van der Waals surface area contributed by atoms with Crippen molar-refractivity contribution in [1.82, 2.24) is 5.32 Å². The summed E-state index contributed by atoms with van der Waals surface area (Å²) in [6.07, 6.45) is 1.97. The molecule has 2 N–H and O–H groups in total. The summed E-state index contributed by atoms with van der Waals surface area (Å²) < 4.78 is 1.77. The summed E-state index contributed by atoms with van der Waals surface area (Å²) in [7, 11) is 0. The lowest BCUT2D eigenvalue weighted by molar-refractivity contribution is -0.125. The van der Waals surface area contributed by atoms with Gasteiger partial charge in [-0.05, 0) is 70.3 Å². The van der Waals surface area contributed by atoms with E-state index in [2.05, 4.69) is 42.5 Å². The highest BCUT2D eigenvalue weighted by atomic mass is 79.9. The molecule has 0 saturated carbocycles. The van der Waals surface area contributed by atoms with Crippen molar-refractivity contribution in [2.45, 2.75) is 19.8 Å². The molecule has 0 radical (unpaired) electrons. The van der Waals surface area contributed by atoms with E-state index in [1.165, 1.54) is 0 Å². The summed E-state index contributed by atoms with van der Waals surface area (Å²) >= 11 is 6.91. The van der Waals surface area contributed by atoms with E-state index in [0.29, 0.717) is 0 Å². The fraction of sp³-hybridized carbons (Fsp3) is 0.462. The van der Waals surface area contributed by atoms with Crippen LogP contribution in [0.1, 0.15) is 19.8 Å². The Bertz CT molecular complexity index is 436. The highest BCUT2D eigenvalue weighted by Gasteiger charge is 2.35. The first-order chi connectivity index (χ1) is 8.53. The van der Waals surface area contributed by atoms with Crippen LogP contribution in [0.4, 0.5) is 5.69 Å². The third-order valence-corrected chi connectivity index (χ3v) is 4.67. The summed E-state index contributed by atoms with van der Waals surface area (Å²) in [5, 5.41) is 6.30. The van der Waals surface area contributed by atoms with Crippen molar-refractivity contribution in [2.75, 3.05) is 18.4 Å². The van der Waals surface area contributed by atoms with Gasteiger partial charge in [0.15, 0.2) is 0 Å². The van der Waals surface area contributed by atoms with Crippen molar-refractivity contribution in [3.63, 3.8) is 0 Å². The highest BCUT2D eigenvalue weighted by Crippen LogP contribution is 2.33. The number of anilines is 1. The molecule has 1 fully saturated rings. The minimum atomic E-state index is -0.326. The van der Waals surface area contributed by atoms with Gasteiger partial charge in [0.2, 0.25) is 5.91 Å².